The lowest BCUT2D eigenvalue weighted by Crippen LogP contribution is -2.19. The van der Waals surface area contributed by atoms with Crippen LogP contribution in [-0.2, 0) is 0 Å². The van der Waals surface area contributed by atoms with Crippen molar-refractivity contribution in [2.75, 3.05) is 11.9 Å². The van der Waals surface area contributed by atoms with Crippen LogP contribution in [0.5, 0.6) is 5.75 Å². The Morgan fingerprint density at radius 1 is 1.37 bits per heavy atom. The average Bonchev–Trinajstić information content (AvgIpc) is 2.27. The maximum Gasteiger partial charge on any atom is 0.275 e. The van der Waals surface area contributed by atoms with Gasteiger partial charge in [-0.15, -0.1) is 0 Å². The lowest BCUT2D eigenvalue weighted by atomic mass is 10.2. The summed E-state index contributed by atoms with van der Waals surface area (Å²) in [7, 11) is 0. The molecular weight excluding hydrogens is 246 g/mol. The van der Waals surface area contributed by atoms with Crippen LogP contribution >= 0.6 is 0 Å². The number of ether oxygens (including phenoxy) is 1. The summed E-state index contributed by atoms with van der Waals surface area (Å²) < 4.78 is 5.50. The molecule has 1 rings (SSSR count). The molecule has 0 spiro atoms. The number of nitrogens with two attached hydrogens (primary N) is 1. The Balaban J connectivity index is 2.83. The monoisotopic (exact) mass is 267 g/mol. The van der Waals surface area contributed by atoms with E-state index >= 15 is 0 Å². The highest BCUT2D eigenvalue weighted by Gasteiger charge is 2.11. The Kier molecular flexibility index (Phi) is 5.57. The van der Waals surface area contributed by atoms with Crippen LogP contribution in [0.3, 0.4) is 0 Å². The minimum Gasteiger partial charge on any atom is -0.491 e. The van der Waals surface area contributed by atoms with Gasteiger partial charge in [-0.1, -0.05) is 0 Å². The Morgan fingerprint density at radius 3 is 2.58 bits per heavy atom. The number of hydrogen-bond acceptors (Lipinski definition) is 5. The average molecular weight is 267 g/mol. The SMILES string of the molecule is CC(N)CCNc1cc(OC(C)C)cc([N+](=O)[O-])c1. The maximum absolute atomic E-state index is 10.9. The highest BCUT2D eigenvalue weighted by molar-refractivity contribution is 5.56. The fourth-order valence-electron chi connectivity index (χ4n) is 1.58. The molecule has 106 valence electrons. The van der Waals surface area contributed by atoms with E-state index in [9.17, 15) is 10.1 Å². The molecule has 1 atom stereocenters. The van der Waals surface area contributed by atoms with Crippen LogP contribution < -0.4 is 15.8 Å². The Bertz CT molecular complexity index is 433. The molecule has 0 fully saturated rings. The number of benzene rings is 1. The molecule has 0 bridgehead atoms. The van der Waals surface area contributed by atoms with E-state index < -0.39 is 4.92 Å². The summed E-state index contributed by atoms with van der Waals surface area (Å²) in [4.78, 5) is 10.4. The van der Waals surface area contributed by atoms with Gasteiger partial charge in [0.15, 0.2) is 0 Å². The molecule has 0 aliphatic carbocycles. The highest BCUT2D eigenvalue weighted by Crippen LogP contribution is 2.26. The number of nitrogens with one attached hydrogen (secondary N) is 1. The van der Waals surface area contributed by atoms with Crippen molar-refractivity contribution in [3.05, 3.63) is 28.3 Å². The molecule has 6 heteroatoms. The summed E-state index contributed by atoms with van der Waals surface area (Å²) in [5.74, 6) is 0.493. The van der Waals surface area contributed by atoms with Crippen molar-refractivity contribution >= 4 is 11.4 Å². The van der Waals surface area contributed by atoms with E-state index in [1.54, 1.807) is 6.07 Å². The first-order valence-electron chi connectivity index (χ1n) is 6.34. The number of anilines is 1. The second-order valence-electron chi connectivity index (χ2n) is 4.83. The summed E-state index contributed by atoms with van der Waals surface area (Å²) in [6.45, 7) is 6.34. The van der Waals surface area contributed by atoms with Gasteiger partial charge < -0.3 is 15.8 Å². The van der Waals surface area contributed by atoms with E-state index in [1.165, 1.54) is 12.1 Å². The minimum absolute atomic E-state index is 0.0152. The van der Waals surface area contributed by atoms with Crippen molar-refractivity contribution in [3.63, 3.8) is 0 Å². The predicted octanol–water partition coefficient (Wildman–Crippen LogP) is 2.53. The first-order valence-corrected chi connectivity index (χ1v) is 6.34. The van der Waals surface area contributed by atoms with Gasteiger partial charge in [-0.2, -0.15) is 0 Å². The fourth-order valence-corrected chi connectivity index (χ4v) is 1.58. The van der Waals surface area contributed by atoms with Crippen molar-refractivity contribution in [1.82, 2.24) is 0 Å². The van der Waals surface area contributed by atoms with Crippen LogP contribution in [-0.4, -0.2) is 23.6 Å². The van der Waals surface area contributed by atoms with Gasteiger partial charge in [0.25, 0.3) is 5.69 Å². The summed E-state index contributed by atoms with van der Waals surface area (Å²) in [6, 6.07) is 4.77. The number of non-ortho nitro benzene ring substituents is 1. The molecule has 0 heterocycles. The molecule has 0 saturated carbocycles. The molecule has 0 aliphatic rings. The zero-order valence-corrected chi connectivity index (χ0v) is 11.6. The Morgan fingerprint density at radius 2 is 2.05 bits per heavy atom. The molecule has 0 aliphatic heterocycles. The summed E-state index contributed by atoms with van der Waals surface area (Å²) >= 11 is 0. The van der Waals surface area contributed by atoms with Gasteiger partial charge >= 0.3 is 0 Å². The molecule has 19 heavy (non-hydrogen) atoms. The summed E-state index contributed by atoms with van der Waals surface area (Å²) in [5.41, 5.74) is 6.34. The van der Waals surface area contributed by atoms with Crippen molar-refractivity contribution in [2.24, 2.45) is 5.73 Å². The Labute approximate surface area is 113 Å². The van der Waals surface area contributed by atoms with Gasteiger partial charge in [-0.3, -0.25) is 10.1 Å². The summed E-state index contributed by atoms with van der Waals surface area (Å²) in [5, 5.41) is 14.0. The van der Waals surface area contributed by atoms with Crippen molar-refractivity contribution in [2.45, 2.75) is 39.3 Å². The van der Waals surface area contributed by atoms with Gasteiger partial charge in [-0.05, 0) is 27.2 Å². The smallest absolute Gasteiger partial charge is 0.275 e. The second-order valence-corrected chi connectivity index (χ2v) is 4.83. The molecule has 6 nitrogen and oxygen atoms in total. The number of nitro groups is 1. The van der Waals surface area contributed by atoms with Crippen LogP contribution in [0.4, 0.5) is 11.4 Å². The lowest BCUT2D eigenvalue weighted by Gasteiger charge is -2.13. The highest BCUT2D eigenvalue weighted by atomic mass is 16.6. The standard InChI is InChI=1S/C13H21N3O3/c1-9(2)19-13-7-11(15-5-4-10(3)14)6-12(8-13)16(17)18/h6-10,15H,4-5,14H2,1-3H3. The zero-order valence-electron chi connectivity index (χ0n) is 11.6. The van der Waals surface area contributed by atoms with Gasteiger partial charge in [0.2, 0.25) is 0 Å². The van der Waals surface area contributed by atoms with Crippen LogP contribution in [0.25, 0.3) is 0 Å². The molecule has 1 aromatic rings. The first kappa shape index (κ1) is 15.2. The predicted molar refractivity (Wildman–Crippen MR) is 75.6 cm³/mol. The van der Waals surface area contributed by atoms with E-state index in [4.69, 9.17) is 10.5 Å². The number of nitrogens with zero attached hydrogens (tertiary/aromatic N) is 1. The topological polar surface area (TPSA) is 90.4 Å². The molecule has 0 aromatic heterocycles. The van der Waals surface area contributed by atoms with Crippen molar-refractivity contribution in [3.8, 4) is 5.75 Å². The number of hydrogen-bond donors (Lipinski definition) is 2. The molecule has 1 aromatic carbocycles. The molecule has 0 radical (unpaired) electrons. The largest absolute Gasteiger partial charge is 0.491 e. The van der Waals surface area contributed by atoms with Gasteiger partial charge in [0.1, 0.15) is 5.75 Å². The van der Waals surface area contributed by atoms with Crippen LogP contribution in [0.15, 0.2) is 18.2 Å². The van der Waals surface area contributed by atoms with Gasteiger partial charge in [0, 0.05) is 30.4 Å². The van der Waals surface area contributed by atoms with E-state index in [0.717, 1.165) is 6.42 Å². The van der Waals surface area contributed by atoms with Crippen LogP contribution in [0.1, 0.15) is 27.2 Å². The third-order valence-corrected chi connectivity index (χ3v) is 2.40. The van der Waals surface area contributed by atoms with E-state index in [-0.39, 0.29) is 17.8 Å². The third kappa shape index (κ3) is 5.56. The number of rotatable bonds is 7. The first-order chi connectivity index (χ1) is 8.88. The molecule has 0 saturated heterocycles. The zero-order chi connectivity index (χ0) is 14.4. The second kappa shape index (κ2) is 6.94. The molecule has 3 N–H and O–H groups in total. The quantitative estimate of drug-likeness (QED) is 0.585. The van der Waals surface area contributed by atoms with Crippen LogP contribution in [0.2, 0.25) is 0 Å². The summed E-state index contributed by atoms with van der Waals surface area (Å²) in [6.07, 6.45) is 0.766. The van der Waals surface area contributed by atoms with Crippen molar-refractivity contribution in [1.29, 1.82) is 0 Å². The maximum atomic E-state index is 10.9. The van der Waals surface area contributed by atoms with Gasteiger partial charge in [0.05, 0.1) is 17.1 Å². The van der Waals surface area contributed by atoms with E-state index in [1.807, 2.05) is 20.8 Å². The normalized spacial score (nSPS) is 12.3. The van der Waals surface area contributed by atoms with E-state index in [0.29, 0.717) is 18.0 Å². The van der Waals surface area contributed by atoms with Crippen LogP contribution in [0, 0.1) is 10.1 Å². The molecule has 1 unspecified atom stereocenters. The molecular formula is C13H21N3O3. The lowest BCUT2D eigenvalue weighted by molar-refractivity contribution is -0.384. The van der Waals surface area contributed by atoms with Crippen molar-refractivity contribution < 1.29 is 9.66 Å². The van der Waals surface area contributed by atoms with E-state index in [2.05, 4.69) is 5.32 Å². The minimum atomic E-state index is -0.427. The van der Waals surface area contributed by atoms with Gasteiger partial charge in [-0.25, -0.2) is 0 Å². The third-order valence-electron chi connectivity index (χ3n) is 2.40. The fraction of sp³-hybridized carbons (Fsp3) is 0.538. The Hall–Kier alpha value is -1.82. The number of nitro benzene ring substituents is 1. The molecule has 0 amide bonds.